The van der Waals surface area contributed by atoms with Gasteiger partial charge in [-0.2, -0.15) is 5.10 Å². The molecule has 0 unspecified atom stereocenters. The SMILES string of the molecule is CCc1nn(C)c(OC)c1CN=C(NCCc1ccco1)NCc1cccs1.I. The minimum Gasteiger partial charge on any atom is -0.481 e. The molecule has 0 fully saturated rings. The van der Waals surface area contributed by atoms with E-state index in [1.54, 1.807) is 29.4 Å². The van der Waals surface area contributed by atoms with Gasteiger partial charge < -0.3 is 19.8 Å². The Morgan fingerprint density at radius 1 is 1.31 bits per heavy atom. The van der Waals surface area contributed by atoms with Gasteiger partial charge >= 0.3 is 0 Å². The van der Waals surface area contributed by atoms with Crippen molar-refractivity contribution >= 4 is 41.3 Å². The van der Waals surface area contributed by atoms with Crippen LogP contribution >= 0.6 is 35.3 Å². The van der Waals surface area contributed by atoms with Crippen molar-refractivity contribution in [3.8, 4) is 5.88 Å². The number of halogens is 1. The Balaban J connectivity index is 0.00000300. The van der Waals surface area contributed by atoms with Gasteiger partial charge in [0.15, 0.2) is 5.96 Å². The van der Waals surface area contributed by atoms with E-state index in [2.05, 4.69) is 40.2 Å². The molecule has 3 aromatic heterocycles. The number of nitrogens with zero attached hydrogens (tertiary/aromatic N) is 3. The molecule has 3 heterocycles. The van der Waals surface area contributed by atoms with Gasteiger partial charge in [0.1, 0.15) is 5.76 Å². The molecule has 0 bridgehead atoms. The number of furan rings is 1. The predicted molar refractivity (Wildman–Crippen MR) is 127 cm³/mol. The van der Waals surface area contributed by atoms with Gasteiger partial charge in [0.05, 0.1) is 37.7 Å². The molecule has 0 radical (unpaired) electrons. The van der Waals surface area contributed by atoms with Gasteiger partial charge in [-0.15, -0.1) is 35.3 Å². The van der Waals surface area contributed by atoms with Crippen molar-refractivity contribution in [3.05, 3.63) is 57.8 Å². The fraction of sp³-hybridized carbons (Fsp3) is 0.400. The van der Waals surface area contributed by atoms with Crippen molar-refractivity contribution in [1.82, 2.24) is 20.4 Å². The molecule has 3 aromatic rings. The molecule has 0 saturated heterocycles. The summed E-state index contributed by atoms with van der Waals surface area (Å²) in [4.78, 5) is 6.04. The standard InChI is InChI=1S/C20H27N5O2S.HI/c1-4-18-17(19(26-3)25(2)24-18)14-23-20(22-13-16-8-6-12-28-16)21-10-9-15-7-5-11-27-15;/h5-8,11-12H,4,9-10,13-14H2,1-3H3,(H2,21,22,23);1H. The zero-order valence-corrected chi connectivity index (χ0v) is 20.1. The number of aromatic nitrogens is 2. The minimum atomic E-state index is 0. The van der Waals surface area contributed by atoms with Crippen LogP contribution in [-0.4, -0.2) is 29.4 Å². The van der Waals surface area contributed by atoms with Crippen molar-refractivity contribution in [1.29, 1.82) is 0 Å². The Kier molecular flexibility index (Phi) is 9.52. The van der Waals surface area contributed by atoms with E-state index in [4.69, 9.17) is 14.1 Å². The average molecular weight is 529 g/mol. The first-order chi connectivity index (χ1) is 13.7. The highest BCUT2D eigenvalue weighted by atomic mass is 127. The second kappa shape index (κ2) is 11.9. The molecule has 3 rings (SSSR count). The highest BCUT2D eigenvalue weighted by molar-refractivity contribution is 14.0. The Bertz CT molecular complexity index is 875. The smallest absolute Gasteiger partial charge is 0.216 e. The van der Waals surface area contributed by atoms with Gasteiger partial charge in [0.25, 0.3) is 0 Å². The molecular formula is C20H28IN5O2S. The number of nitrogens with one attached hydrogen (secondary N) is 2. The number of rotatable bonds is 9. The molecule has 0 spiro atoms. The summed E-state index contributed by atoms with van der Waals surface area (Å²) in [5.41, 5.74) is 2.03. The molecule has 0 atom stereocenters. The van der Waals surface area contributed by atoms with E-state index in [1.165, 1.54) is 4.88 Å². The highest BCUT2D eigenvalue weighted by Gasteiger charge is 2.15. The zero-order valence-electron chi connectivity index (χ0n) is 17.0. The Labute approximate surface area is 192 Å². The molecular weight excluding hydrogens is 501 g/mol. The molecule has 0 saturated carbocycles. The fourth-order valence-corrected chi connectivity index (χ4v) is 3.62. The molecule has 0 aromatic carbocycles. The van der Waals surface area contributed by atoms with Crippen LogP contribution in [0.3, 0.4) is 0 Å². The largest absolute Gasteiger partial charge is 0.481 e. The number of ether oxygens (including phenoxy) is 1. The molecule has 0 aliphatic rings. The minimum absolute atomic E-state index is 0. The second-order valence-corrected chi connectivity index (χ2v) is 7.30. The van der Waals surface area contributed by atoms with Crippen LogP contribution in [0.15, 0.2) is 45.3 Å². The first-order valence-electron chi connectivity index (χ1n) is 9.37. The van der Waals surface area contributed by atoms with E-state index in [9.17, 15) is 0 Å². The van der Waals surface area contributed by atoms with Crippen LogP contribution in [0.1, 0.15) is 28.8 Å². The lowest BCUT2D eigenvalue weighted by Gasteiger charge is -2.12. The average Bonchev–Trinajstić information content (AvgIpc) is 3.45. The lowest BCUT2D eigenvalue weighted by molar-refractivity contribution is 0.369. The van der Waals surface area contributed by atoms with Crippen molar-refractivity contribution in [2.75, 3.05) is 13.7 Å². The number of hydrogen-bond acceptors (Lipinski definition) is 5. The van der Waals surface area contributed by atoms with E-state index in [0.29, 0.717) is 6.54 Å². The molecule has 0 aliphatic heterocycles. The predicted octanol–water partition coefficient (Wildman–Crippen LogP) is 3.74. The van der Waals surface area contributed by atoms with Gasteiger partial charge in [-0.05, 0) is 30.0 Å². The van der Waals surface area contributed by atoms with E-state index in [-0.39, 0.29) is 24.0 Å². The van der Waals surface area contributed by atoms with Gasteiger partial charge in [-0.3, -0.25) is 0 Å². The van der Waals surface area contributed by atoms with E-state index >= 15 is 0 Å². The second-order valence-electron chi connectivity index (χ2n) is 6.27. The third kappa shape index (κ3) is 6.49. The van der Waals surface area contributed by atoms with Crippen molar-refractivity contribution in [2.45, 2.75) is 32.9 Å². The summed E-state index contributed by atoms with van der Waals surface area (Å²) in [6.07, 6.45) is 3.33. The summed E-state index contributed by atoms with van der Waals surface area (Å²) in [6.45, 7) is 4.05. The lowest BCUT2D eigenvalue weighted by atomic mass is 10.2. The van der Waals surface area contributed by atoms with Crippen molar-refractivity contribution < 1.29 is 9.15 Å². The number of hydrogen-bond donors (Lipinski definition) is 2. The number of aliphatic imine (C=N–C) groups is 1. The van der Waals surface area contributed by atoms with Crippen LogP contribution in [0.5, 0.6) is 5.88 Å². The Morgan fingerprint density at radius 3 is 2.83 bits per heavy atom. The lowest BCUT2D eigenvalue weighted by Crippen LogP contribution is -2.38. The third-order valence-corrected chi connectivity index (χ3v) is 5.23. The number of methoxy groups -OCH3 is 1. The maximum absolute atomic E-state index is 5.52. The monoisotopic (exact) mass is 529 g/mol. The van der Waals surface area contributed by atoms with Crippen molar-refractivity contribution in [2.24, 2.45) is 12.0 Å². The highest BCUT2D eigenvalue weighted by Crippen LogP contribution is 2.22. The van der Waals surface area contributed by atoms with Crippen molar-refractivity contribution in [3.63, 3.8) is 0 Å². The molecule has 9 heteroatoms. The maximum Gasteiger partial charge on any atom is 0.216 e. The van der Waals surface area contributed by atoms with Crippen LogP contribution in [0.4, 0.5) is 0 Å². The van der Waals surface area contributed by atoms with Gasteiger partial charge in [-0.1, -0.05) is 13.0 Å². The Morgan fingerprint density at radius 2 is 2.17 bits per heavy atom. The number of guanidine groups is 1. The summed E-state index contributed by atoms with van der Waals surface area (Å²) in [6, 6.07) is 8.04. The number of thiophene rings is 1. The normalized spacial score (nSPS) is 11.2. The van der Waals surface area contributed by atoms with Crippen LogP contribution < -0.4 is 15.4 Å². The van der Waals surface area contributed by atoms with E-state index in [0.717, 1.165) is 54.8 Å². The summed E-state index contributed by atoms with van der Waals surface area (Å²) < 4.78 is 12.7. The molecule has 7 nitrogen and oxygen atoms in total. The topological polar surface area (TPSA) is 76.6 Å². The summed E-state index contributed by atoms with van der Waals surface area (Å²) in [5, 5.41) is 13.4. The summed E-state index contributed by atoms with van der Waals surface area (Å²) >= 11 is 1.72. The van der Waals surface area contributed by atoms with Gasteiger partial charge in [0.2, 0.25) is 5.88 Å². The molecule has 0 aliphatic carbocycles. The number of aryl methyl sites for hydroxylation is 2. The summed E-state index contributed by atoms with van der Waals surface area (Å²) in [7, 11) is 3.56. The van der Waals surface area contributed by atoms with Gasteiger partial charge in [-0.25, -0.2) is 9.67 Å². The molecule has 29 heavy (non-hydrogen) atoms. The first-order valence-corrected chi connectivity index (χ1v) is 10.2. The summed E-state index contributed by atoms with van der Waals surface area (Å²) in [5.74, 6) is 2.47. The third-order valence-electron chi connectivity index (χ3n) is 4.35. The fourth-order valence-electron chi connectivity index (χ4n) is 2.98. The van der Waals surface area contributed by atoms with Crippen LogP contribution in [0.25, 0.3) is 0 Å². The van der Waals surface area contributed by atoms with E-state index < -0.39 is 0 Å². The molecule has 0 amide bonds. The maximum atomic E-state index is 5.52. The van der Waals surface area contributed by atoms with Gasteiger partial charge in [0, 0.05) is 24.9 Å². The van der Waals surface area contributed by atoms with Crippen LogP contribution in [-0.2, 0) is 33.0 Å². The molecule has 2 N–H and O–H groups in total. The van der Waals surface area contributed by atoms with Crippen LogP contribution in [0.2, 0.25) is 0 Å². The first kappa shape index (κ1) is 23.3. The molecule has 158 valence electrons. The van der Waals surface area contributed by atoms with Crippen LogP contribution in [0, 0.1) is 0 Å². The zero-order chi connectivity index (χ0) is 19.8. The quantitative estimate of drug-likeness (QED) is 0.251. The Hall–Kier alpha value is -2.01. The van der Waals surface area contributed by atoms with E-state index in [1.807, 2.05) is 19.2 Å².